The molecule has 3 rings (SSSR count). The lowest BCUT2D eigenvalue weighted by Gasteiger charge is -2.27. The van der Waals surface area contributed by atoms with Gasteiger partial charge in [-0.2, -0.15) is 8.42 Å². The van der Waals surface area contributed by atoms with Crippen molar-refractivity contribution < 1.29 is 22.7 Å². The molecule has 2 fully saturated rings. The third-order valence-electron chi connectivity index (χ3n) is 3.56. The second kappa shape index (κ2) is 4.85. The number of amides is 1. The number of halogens is 1. The Labute approximate surface area is 120 Å². The smallest absolute Gasteiger partial charge is 0.326 e. The molecule has 0 radical (unpaired) electrons. The molecule has 2 saturated heterocycles. The summed E-state index contributed by atoms with van der Waals surface area (Å²) in [6.45, 7) is 1.13. The van der Waals surface area contributed by atoms with Gasteiger partial charge in [-0.3, -0.25) is 4.79 Å². The monoisotopic (exact) mass is 315 g/mol. The molecule has 0 atom stereocenters. The zero-order valence-corrected chi connectivity index (χ0v) is 11.8. The first-order chi connectivity index (χ1) is 9.87. The average molecular weight is 315 g/mol. The van der Waals surface area contributed by atoms with E-state index in [1.54, 1.807) is 4.72 Å². The van der Waals surface area contributed by atoms with Crippen molar-refractivity contribution in [3.05, 3.63) is 23.5 Å². The second-order valence-corrected chi connectivity index (χ2v) is 6.81. The minimum absolute atomic E-state index is 0.383. The molecule has 3 N–H and O–H groups in total. The van der Waals surface area contributed by atoms with Gasteiger partial charge >= 0.3 is 10.2 Å². The molecule has 114 valence electrons. The topological polar surface area (TPSA) is 98.7 Å². The van der Waals surface area contributed by atoms with E-state index < -0.39 is 39.9 Å². The number of hydrogen-bond donors (Lipinski definition) is 3. The zero-order chi connectivity index (χ0) is 15.2. The highest BCUT2D eigenvalue weighted by Gasteiger charge is 2.37. The molecule has 0 saturated carbocycles. The summed E-state index contributed by atoms with van der Waals surface area (Å²) in [5, 5.41) is 13.0. The van der Waals surface area contributed by atoms with Crippen molar-refractivity contribution in [2.75, 3.05) is 23.9 Å². The maximum atomic E-state index is 14.2. The summed E-state index contributed by atoms with van der Waals surface area (Å²) in [6, 6.07) is 2.54. The van der Waals surface area contributed by atoms with Gasteiger partial charge < -0.3 is 10.4 Å². The van der Waals surface area contributed by atoms with Gasteiger partial charge in [0.2, 0.25) is 0 Å². The summed E-state index contributed by atoms with van der Waals surface area (Å²) in [4.78, 5) is 11.2. The fraction of sp³-hybridized carbons (Fsp3) is 0.417. The summed E-state index contributed by atoms with van der Waals surface area (Å²) in [5.41, 5.74) is 0.0972. The van der Waals surface area contributed by atoms with E-state index in [1.807, 2.05) is 0 Å². The van der Waals surface area contributed by atoms with Crippen molar-refractivity contribution in [1.82, 2.24) is 10.0 Å². The number of phenolic OH excluding ortho intramolecular Hbond substituents is 1. The molecule has 1 aromatic rings. The molecule has 2 aliphatic rings. The highest BCUT2D eigenvalue weighted by atomic mass is 32.2. The van der Waals surface area contributed by atoms with E-state index in [0.717, 1.165) is 13.1 Å². The number of aromatic hydroxyl groups is 1. The van der Waals surface area contributed by atoms with Crippen LogP contribution in [0.25, 0.3) is 0 Å². The SMILES string of the molecule is O=C1CN(c2c(O)cc(CC3CNC3)cc2F)S(=O)(=O)N1. The molecule has 0 aliphatic carbocycles. The van der Waals surface area contributed by atoms with E-state index in [0.29, 0.717) is 22.2 Å². The fourth-order valence-corrected chi connectivity index (χ4v) is 3.65. The Morgan fingerprint density at radius 1 is 1.38 bits per heavy atom. The molecule has 0 unspecified atom stereocenters. The van der Waals surface area contributed by atoms with Gasteiger partial charge in [0.15, 0.2) is 5.82 Å². The number of rotatable bonds is 3. The summed E-state index contributed by atoms with van der Waals surface area (Å²) in [5.74, 6) is -1.73. The summed E-state index contributed by atoms with van der Waals surface area (Å²) < 4.78 is 39.9. The van der Waals surface area contributed by atoms with Crippen LogP contribution in [0.4, 0.5) is 10.1 Å². The average Bonchev–Trinajstić information content (AvgIpc) is 2.57. The molecule has 9 heteroatoms. The van der Waals surface area contributed by atoms with Gasteiger partial charge in [0.25, 0.3) is 5.91 Å². The van der Waals surface area contributed by atoms with Crippen molar-refractivity contribution in [3.63, 3.8) is 0 Å². The maximum Gasteiger partial charge on any atom is 0.326 e. The van der Waals surface area contributed by atoms with Gasteiger partial charge in [0.05, 0.1) is 0 Å². The second-order valence-electron chi connectivity index (χ2n) is 5.21. The fourth-order valence-electron chi connectivity index (χ4n) is 2.48. The van der Waals surface area contributed by atoms with Crippen molar-refractivity contribution in [3.8, 4) is 5.75 Å². The summed E-state index contributed by atoms with van der Waals surface area (Å²) >= 11 is 0. The molecule has 21 heavy (non-hydrogen) atoms. The van der Waals surface area contributed by atoms with Gasteiger partial charge in [0.1, 0.15) is 18.0 Å². The van der Waals surface area contributed by atoms with Crippen molar-refractivity contribution in [2.24, 2.45) is 5.92 Å². The third-order valence-corrected chi connectivity index (χ3v) is 4.94. The number of nitrogens with one attached hydrogen (secondary N) is 2. The minimum atomic E-state index is -4.14. The number of carbonyl (C=O) groups is 1. The lowest BCUT2D eigenvalue weighted by atomic mass is 9.94. The first kappa shape index (κ1) is 14.1. The largest absolute Gasteiger partial charge is 0.506 e. The van der Waals surface area contributed by atoms with Crippen LogP contribution in [-0.4, -0.2) is 39.1 Å². The summed E-state index contributed by atoms with van der Waals surface area (Å²) in [6.07, 6.45) is 0.599. The Bertz CT molecular complexity index is 679. The molecule has 7 nitrogen and oxygen atoms in total. The Balaban J connectivity index is 1.94. The zero-order valence-electron chi connectivity index (χ0n) is 11.0. The molecule has 0 bridgehead atoms. The van der Waals surface area contributed by atoms with Crippen LogP contribution >= 0.6 is 0 Å². The molecule has 2 aliphatic heterocycles. The van der Waals surface area contributed by atoms with Crippen LogP contribution in [-0.2, 0) is 21.4 Å². The van der Waals surface area contributed by atoms with Crippen LogP contribution < -0.4 is 14.3 Å². The Hall–Kier alpha value is -1.87. The third kappa shape index (κ3) is 2.54. The van der Waals surface area contributed by atoms with E-state index >= 15 is 0 Å². The van der Waals surface area contributed by atoms with Crippen LogP contribution in [0.3, 0.4) is 0 Å². The van der Waals surface area contributed by atoms with E-state index in [4.69, 9.17) is 0 Å². The number of phenols is 1. The summed E-state index contributed by atoms with van der Waals surface area (Å²) in [7, 11) is -4.14. The lowest BCUT2D eigenvalue weighted by Crippen LogP contribution is -2.43. The van der Waals surface area contributed by atoms with Crippen molar-refractivity contribution >= 4 is 21.8 Å². The van der Waals surface area contributed by atoms with Crippen LogP contribution in [0.1, 0.15) is 5.56 Å². The molecule has 1 aromatic carbocycles. The van der Waals surface area contributed by atoms with Gasteiger partial charge in [0, 0.05) is 0 Å². The maximum absolute atomic E-state index is 14.2. The predicted molar refractivity (Wildman–Crippen MR) is 72.5 cm³/mol. The first-order valence-corrected chi connectivity index (χ1v) is 7.86. The Morgan fingerprint density at radius 3 is 2.57 bits per heavy atom. The van der Waals surface area contributed by atoms with Crippen LogP contribution in [0.5, 0.6) is 5.75 Å². The Morgan fingerprint density at radius 2 is 2.10 bits per heavy atom. The van der Waals surface area contributed by atoms with Gasteiger partial charge in [-0.1, -0.05) is 0 Å². The van der Waals surface area contributed by atoms with Crippen LogP contribution in [0, 0.1) is 11.7 Å². The molecule has 2 heterocycles. The van der Waals surface area contributed by atoms with E-state index in [1.165, 1.54) is 12.1 Å². The predicted octanol–water partition coefficient (Wildman–Crippen LogP) is -0.526. The molecule has 0 spiro atoms. The van der Waals surface area contributed by atoms with Crippen LogP contribution in [0.2, 0.25) is 0 Å². The molecular weight excluding hydrogens is 301 g/mol. The van der Waals surface area contributed by atoms with E-state index in [9.17, 15) is 22.7 Å². The first-order valence-electron chi connectivity index (χ1n) is 6.42. The van der Waals surface area contributed by atoms with Gasteiger partial charge in [-0.05, 0) is 43.1 Å². The molecule has 1 amide bonds. The normalized spacial score (nSPS) is 21.2. The number of nitrogens with zero attached hydrogens (tertiary/aromatic N) is 1. The minimum Gasteiger partial charge on any atom is -0.506 e. The molecular formula is C12H14FN3O4S. The van der Waals surface area contributed by atoms with Crippen molar-refractivity contribution in [2.45, 2.75) is 6.42 Å². The van der Waals surface area contributed by atoms with E-state index in [2.05, 4.69) is 5.32 Å². The van der Waals surface area contributed by atoms with Gasteiger partial charge in [-0.25, -0.2) is 13.4 Å². The standard InChI is InChI=1S/C12H14FN3O4S/c13-9-2-7(1-8-4-14-5-8)3-10(17)12(9)16-6-11(18)15-21(16,19)20/h2-3,8,14,17H,1,4-6H2,(H,15,18). The number of carbonyl (C=O) groups excluding carboxylic acids is 1. The van der Waals surface area contributed by atoms with Crippen LogP contribution in [0.15, 0.2) is 12.1 Å². The highest BCUT2D eigenvalue weighted by molar-refractivity contribution is 7.92. The van der Waals surface area contributed by atoms with Gasteiger partial charge in [-0.15, -0.1) is 0 Å². The quantitative estimate of drug-likeness (QED) is 0.697. The number of hydrogen-bond acceptors (Lipinski definition) is 5. The van der Waals surface area contributed by atoms with E-state index in [-0.39, 0.29) is 0 Å². The number of anilines is 1. The van der Waals surface area contributed by atoms with Crippen molar-refractivity contribution in [1.29, 1.82) is 0 Å². The Kier molecular flexibility index (Phi) is 3.25. The lowest BCUT2D eigenvalue weighted by molar-refractivity contribution is -0.117. The molecule has 0 aromatic heterocycles. The number of benzene rings is 1. The highest BCUT2D eigenvalue weighted by Crippen LogP contribution is 2.35.